The van der Waals surface area contributed by atoms with Crippen LogP contribution in [0.2, 0.25) is 5.02 Å². The molecule has 22 heavy (non-hydrogen) atoms. The van der Waals surface area contributed by atoms with Gasteiger partial charge in [-0.3, -0.25) is 4.79 Å². The van der Waals surface area contributed by atoms with Gasteiger partial charge in [-0.2, -0.15) is 0 Å². The van der Waals surface area contributed by atoms with Crippen LogP contribution in [0.1, 0.15) is 15.9 Å². The fourth-order valence-electron chi connectivity index (χ4n) is 2.60. The molecule has 0 aromatic heterocycles. The SMILES string of the molecule is COc1ccc2c(c1O)CCN(c1ccc(F)c(Cl)c1)C2=O. The Kier molecular flexibility index (Phi) is 3.66. The van der Waals surface area contributed by atoms with Gasteiger partial charge in [-0.25, -0.2) is 4.39 Å². The quantitative estimate of drug-likeness (QED) is 0.922. The largest absolute Gasteiger partial charge is 0.504 e. The highest BCUT2D eigenvalue weighted by molar-refractivity contribution is 6.31. The monoisotopic (exact) mass is 321 g/mol. The predicted octanol–water partition coefficient (Wildman–Crippen LogP) is 3.40. The minimum Gasteiger partial charge on any atom is -0.504 e. The second-order valence-electron chi connectivity index (χ2n) is 4.95. The number of nitrogens with zero attached hydrogens (tertiary/aromatic N) is 1. The second kappa shape index (κ2) is 5.50. The first-order valence-corrected chi connectivity index (χ1v) is 7.06. The number of ether oxygens (including phenoxy) is 1. The van der Waals surface area contributed by atoms with Gasteiger partial charge in [0.25, 0.3) is 5.91 Å². The van der Waals surface area contributed by atoms with Crippen molar-refractivity contribution in [2.75, 3.05) is 18.6 Å². The molecule has 1 heterocycles. The van der Waals surface area contributed by atoms with Gasteiger partial charge in [-0.05, 0) is 36.8 Å². The molecule has 114 valence electrons. The number of carbonyl (C=O) groups excluding carboxylic acids is 1. The summed E-state index contributed by atoms with van der Waals surface area (Å²) in [5.41, 5.74) is 1.50. The van der Waals surface area contributed by atoms with Gasteiger partial charge < -0.3 is 14.7 Å². The van der Waals surface area contributed by atoms with Crippen molar-refractivity contribution in [3.63, 3.8) is 0 Å². The number of hydrogen-bond donors (Lipinski definition) is 1. The molecule has 1 aliphatic heterocycles. The molecule has 0 atom stereocenters. The smallest absolute Gasteiger partial charge is 0.258 e. The van der Waals surface area contributed by atoms with E-state index in [1.165, 1.54) is 30.2 Å². The molecule has 0 saturated heterocycles. The molecule has 0 spiro atoms. The summed E-state index contributed by atoms with van der Waals surface area (Å²) in [7, 11) is 1.46. The number of aromatic hydroxyl groups is 1. The molecular weight excluding hydrogens is 309 g/mol. The summed E-state index contributed by atoms with van der Waals surface area (Å²) in [6.07, 6.45) is 0.471. The van der Waals surface area contributed by atoms with Crippen molar-refractivity contribution in [2.24, 2.45) is 0 Å². The topological polar surface area (TPSA) is 49.8 Å². The Morgan fingerprint density at radius 1 is 1.32 bits per heavy atom. The molecule has 0 saturated carbocycles. The summed E-state index contributed by atoms with van der Waals surface area (Å²) in [4.78, 5) is 14.1. The molecule has 3 rings (SSSR count). The fraction of sp³-hybridized carbons (Fsp3) is 0.188. The van der Waals surface area contributed by atoms with Crippen LogP contribution in [0.15, 0.2) is 30.3 Å². The van der Waals surface area contributed by atoms with Crippen LogP contribution in [0, 0.1) is 5.82 Å². The minimum absolute atomic E-state index is 0.00913. The zero-order valence-corrected chi connectivity index (χ0v) is 12.5. The molecule has 0 fully saturated rings. The molecule has 1 aliphatic rings. The number of phenols is 1. The Hall–Kier alpha value is -2.27. The minimum atomic E-state index is -0.530. The van der Waals surface area contributed by atoms with Crippen LogP contribution >= 0.6 is 11.6 Å². The van der Waals surface area contributed by atoms with Gasteiger partial charge in [-0.1, -0.05) is 11.6 Å². The van der Waals surface area contributed by atoms with Crippen LogP contribution in [-0.4, -0.2) is 24.7 Å². The van der Waals surface area contributed by atoms with Crippen molar-refractivity contribution >= 4 is 23.2 Å². The third-order valence-corrected chi connectivity index (χ3v) is 4.03. The zero-order valence-electron chi connectivity index (χ0n) is 11.8. The molecule has 2 aromatic carbocycles. The second-order valence-corrected chi connectivity index (χ2v) is 5.35. The summed E-state index contributed by atoms with van der Waals surface area (Å²) >= 11 is 5.78. The van der Waals surface area contributed by atoms with Crippen molar-refractivity contribution in [3.8, 4) is 11.5 Å². The van der Waals surface area contributed by atoms with E-state index in [0.717, 1.165) is 0 Å². The number of benzene rings is 2. The molecule has 0 radical (unpaired) electrons. The lowest BCUT2D eigenvalue weighted by atomic mass is 9.97. The summed E-state index contributed by atoms with van der Waals surface area (Å²) < 4.78 is 18.3. The molecular formula is C16H13ClFNO3. The maximum Gasteiger partial charge on any atom is 0.258 e. The van der Waals surface area contributed by atoms with E-state index >= 15 is 0 Å². The van der Waals surface area contributed by atoms with Crippen molar-refractivity contribution in [2.45, 2.75) is 6.42 Å². The van der Waals surface area contributed by atoms with E-state index in [9.17, 15) is 14.3 Å². The number of halogens is 2. The Balaban J connectivity index is 2.01. The summed E-state index contributed by atoms with van der Waals surface area (Å²) in [6.45, 7) is 0.370. The van der Waals surface area contributed by atoms with E-state index in [1.807, 2.05) is 0 Å². The van der Waals surface area contributed by atoms with Gasteiger partial charge in [0.2, 0.25) is 0 Å². The van der Waals surface area contributed by atoms with E-state index < -0.39 is 5.82 Å². The third kappa shape index (κ3) is 2.27. The number of carbonyl (C=O) groups is 1. The summed E-state index contributed by atoms with van der Waals surface area (Å²) in [6, 6.07) is 7.32. The van der Waals surface area contributed by atoms with Gasteiger partial charge in [0.15, 0.2) is 11.5 Å². The maximum absolute atomic E-state index is 13.3. The predicted molar refractivity (Wildman–Crippen MR) is 81.4 cm³/mol. The molecule has 1 amide bonds. The Labute approximate surface area is 131 Å². The van der Waals surface area contributed by atoms with E-state index in [0.29, 0.717) is 35.5 Å². The molecule has 6 heteroatoms. The average Bonchev–Trinajstić information content (AvgIpc) is 2.51. The molecule has 1 N–H and O–H groups in total. The number of anilines is 1. The van der Waals surface area contributed by atoms with E-state index in [-0.39, 0.29) is 16.7 Å². The molecule has 0 aliphatic carbocycles. The lowest BCUT2D eigenvalue weighted by molar-refractivity contribution is 0.0979. The highest BCUT2D eigenvalue weighted by Gasteiger charge is 2.29. The Morgan fingerprint density at radius 3 is 2.77 bits per heavy atom. The molecule has 0 unspecified atom stereocenters. The van der Waals surface area contributed by atoms with Crippen LogP contribution in [0.3, 0.4) is 0 Å². The van der Waals surface area contributed by atoms with Crippen molar-refractivity contribution in [1.82, 2.24) is 0 Å². The fourth-order valence-corrected chi connectivity index (χ4v) is 2.78. The first-order valence-electron chi connectivity index (χ1n) is 6.68. The molecule has 2 aromatic rings. The highest BCUT2D eigenvalue weighted by atomic mass is 35.5. The normalized spacial score (nSPS) is 14.0. The van der Waals surface area contributed by atoms with Crippen LogP contribution in [0.25, 0.3) is 0 Å². The highest BCUT2D eigenvalue weighted by Crippen LogP contribution is 2.36. The number of hydrogen-bond acceptors (Lipinski definition) is 3. The number of rotatable bonds is 2. The summed E-state index contributed by atoms with van der Waals surface area (Å²) in [5.74, 6) is -0.463. The first kappa shape index (κ1) is 14.7. The maximum atomic E-state index is 13.3. The summed E-state index contributed by atoms with van der Waals surface area (Å²) in [5, 5.41) is 10.1. The lowest BCUT2D eigenvalue weighted by Gasteiger charge is -2.29. The van der Waals surface area contributed by atoms with Crippen molar-refractivity contribution in [3.05, 3.63) is 52.3 Å². The van der Waals surface area contributed by atoms with Crippen LogP contribution in [-0.2, 0) is 6.42 Å². The first-order chi connectivity index (χ1) is 10.5. The Bertz CT molecular complexity index is 763. The Morgan fingerprint density at radius 2 is 2.09 bits per heavy atom. The van der Waals surface area contributed by atoms with E-state index in [2.05, 4.69) is 0 Å². The number of fused-ring (bicyclic) bond motifs is 1. The molecule has 4 nitrogen and oxygen atoms in total. The molecule has 0 bridgehead atoms. The van der Waals surface area contributed by atoms with Gasteiger partial charge >= 0.3 is 0 Å². The average molecular weight is 322 g/mol. The number of amides is 1. The van der Waals surface area contributed by atoms with E-state index in [1.54, 1.807) is 12.1 Å². The lowest BCUT2D eigenvalue weighted by Crippen LogP contribution is -2.37. The van der Waals surface area contributed by atoms with Gasteiger partial charge in [-0.15, -0.1) is 0 Å². The van der Waals surface area contributed by atoms with Gasteiger partial charge in [0.1, 0.15) is 5.82 Å². The van der Waals surface area contributed by atoms with E-state index in [4.69, 9.17) is 16.3 Å². The zero-order chi connectivity index (χ0) is 15.9. The van der Waals surface area contributed by atoms with Crippen molar-refractivity contribution < 1.29 is 19.0 Å². The van der Waals surface area contributed by atoms with Gasteiger partial charge in [0.05, 0.1) is 12.1 Å². The standard InChI is InChI=1S/C16H13ClFNO3/c1-22-14-5-3-11-10(15(14)20)6-7-19(16(11)21)9-2-4-13(18)12(17)8-9/h2-5,8,20H,6-7H2,1H3. The van der Waals surface area contributed by atoms with Crippen LogP contribution < -0.4 is 9.64 Å². The third-order valence-electron chi connectivity index (χ3n) is 3.74. The van der Waals surface area contributed by atoms with Crippen molar-refractivity contribution in [1.29, 1.82) is 0 Å². The number of phenolic OH excluding ortho intramolecular Hbond substituents is 1. The van der Waals surface area contributed by atoms with Gasteiger partial charge in [0, 0.05) is 23.4 Å². The van der Waals surface area contributed by atoms with Crippen LogP contribution in [0.5, 0.6) is 11.5 Å². The van der Waals surface area contributed by atoms with Crippen LogP contribution in [0.4, 0.5) is 10.1 Å². The number of methoxy groups -OCH3 is 1.